The van der Waals surface area contributed by atoms with Crippen LogP contribution in [-0.2, 0) is 6.54 Å². The van der Waals surface area contributed by atoms with Crippen molar-refractivity contribution in [2.75, 3.05) is 14.2 Å². The summed E-state index contributed by atoms with van der Waals surface area (Å²) in [7, 11) is 3.10. The van der Waals surface area contributed by atoms with Gasteiger partial charge in [0.1, 0.15) is 17.0 Å². The fourth-order valence-corrected chi connectivity index (χ4v) is 2.45. The molecule has 120 valence electrons. The highest BCUT2D eigenvalue weighted by Gasteiger charge is 2.21. The molecule has 1 heterocycles. The lowest BCUT2D eigenvalue weighted by atomic mass is 10.2. The molecule has 0 saturated heterocycles. The van der Waals surface area contributed by atoms with E-state index in [2.05, 4.69) is 4.99 Å². The molecular formula is C18H20N2O3. The van der Waals surface area contributed by atoms with Gasteiger partial charge < -0.3 is 14.0 Å². The van der Waals surface area contributed by atoms with Gasteiger partial charge in [0, 0.05) is 12.7 Å². The van der Waals surface area contributed by atoms with Gasteiger partial charge in [-0.05, 0) is 49.1 Å². The van der Waals surface area contributed by atoms with Crippen LogP contribution >= 0.6 is 0 Å². The Morgan fingerprint density at radius 3 is 2.74 bits per heavy atom. The molecule has 1 aromatic carbocycles. The van der Waals surface area contributed by atoms with E-state index in [1.165, 1.54) is 20.0 Å². The summed E-state index contributed by atoms with van der Waals surface area (Å²) in [6.07, 6.45) is 4.46. The van der Waals surface area contributed by atoms with Crippen molar-refractivity contribution in [3.05, 3.63) is 53.6 Å². The molecule has 0 radical (unpaired) electrons. The van der Waals surface area contributed by atoms with Gasteiger partial charge in [-0.1, -0.05) is 6.07 Å². The number of carbonyl (C=O) groups excluding carboxylic acids is 1. The smallest absolute Gasteiger partial charge is 0.282 e. The molecular weight excluding hydrogens is 292 g/mol. The molecule has 0 unspecified atom stereocenters. The fraction of sp³-hybridized carbons (Fsp3) is 0.333. The molecule has 2 aromatic rings. The first-order chi connectivity index (χ1) is 11.2. The zero-order valence-corrected chi connectivity index (χ0v) is 13.4. The summed E-state index contributed by atoms with van der Waals surface area (Å²) in [5, 5.41) is 0. The van der Waals surface area contributed by atoms with Gasteiger partial charge in [-0.2, -0.15) is 4.99 Å². The zero-order valence-electron chi connectivity index (χ0n) is 13.4. The van der Waals surface area contributed by atoms with Gasteiger partial charge in [0.2, 0.25) is 0 Å². The Bertz CT molecular complexity index is 776. The SMILES string of the molecule is COc1ccc(OC)c(C(=O)N=c2ccccn2CC2CC2)c1. The summed E-state index contributed by atoms with van der Waals surface area (Å²) < 4.78 is 12.5. The molecule has 1 aromatic heterocycles. The van der Waals surface area contributed by atoms with Crippen LogP contribution in [0.5, 0.6) is 11.5 Å². The molecule has 3 rings (SSSR count). The van der Waals surface area contributed by atoms with Crippen molar-refractivity contribution in [3.63, 3.8) is 0 Å². The molecule has 1 fully saturated rings. The van der Waals surface area contributed by atoms with E-state index in [9.17, 15) is 4.79 Å². The third kappa shape index (κ3) is 3.62. The molecule has 1 aliphatic rings. The number of aromatic nitrogens is 1. The Kier molecular flexibility index (Phi) is 4.46. The van der Waals surface area contributed by atoms with Crippen molar-refractivity contribution in [3.8, 4) is 11.5 Å². The summed E-state index contributed by atoms with van der Waals surface area (Å²) in [4.78, 5) is 16.9. The Morgan fingerprint density at radius 2 is 2.04 bits per heavy atom. The number of hydrogen-bond acceptors (Lipinski definition) is 3. The largest absolute Gasteiger partial charge is 0.497 e. The number of pyridine rings is 1. The zero-order chi connectivity index (χ0) is 16.2. The highest BCUT2D eigenvalue weighted by Crippen LogP contribution is 2.30. The van der Waals surface area contributed by atoms with Crippen LogP contribution in [0.15, 0.2) is 47.6 Å². The number of ether oxygens (including phenoxy) is 2. The van der Waals surface area contributed by atoms with Crippen molar-refractivity contribution >= 4 is 5.91 Å². The molecule has 5 heteroatoms. The van der Waals surface area contributed by atoms with Crippen molar-refractivity contribution in [1.82, 2.24) is 4.57 Å². The second kappa shape index (κ2) is 6.69. The number of carbonyl (C=O) groups is 1. The lowest BCUT2D eigenvalue weighted by Gasteiger charge is -2.08. The normalized spacial score (nSPS) is 14.6. The molecule has 5 nitrogen and oxygen atoms in total. The second-order valence-electron chi connectivity index (χ2n) is 5.64. The van der Waals surface area contributed by atoms with Gasteiger partial charge in [-0.25, -0.2) is 0 Å². The summed E-state index contributed by atoms with van der Waals surface area (Å²) >= 11 is 0. The predicted octanol–water partition coefficient (Wildman–Crippen LogP) is 2.66. The van der Waals surface area contributed by atoms with E-state index in [4.69, 9.17) is 9.47 Å². The maximum atomic E-state index is 12.6. The number of hydrogen-bond donors (Lipinski definition) is 0. The van der Waals surface area contributed by atoms with Crippen LogP contribution in [0.1, 0.15) is 23.2 Å². The Hall–Kier alpha value is -2.56. The van der Waals surface area contributed by atoms with Crippen molar-refractivity contribution in [2.24, 2.45) is 10.9 Å². The van der Waals surface area contributed by atoms with Crippen LogP contribution in [0.3, 0.4) is 0 Å². The monoisotopic (exact) mass is 312 g/mol. The van der Waals surface area contributed by atoms with Gasteiger partial charge >= 0.3 is 0 Å². The number of methoxy groups -OCH3 is 2. The Balaban J connectivity index is 1.97. The number of amides is 1. The maximum absolute atomic E-state index is 12.6. The van der Waals surface area contributed by atoms with Crippen LogP contribution < -0.4 is 15.0 Å². The molecule has 0 spiro atoms. The van der Waals surface area contributed by atoms with Crippen LogP contribution in [0.4, 0.5) is 0 Å². The molecule has 0 aliphatic heterocycles. The quantitative estimate of drug-likeness (QED) is 0.853. The minimum absolute atomic E-state index is 0.337. The fourth-order valence-electron chi connectivity index (χ4n) is 2.45. The Labute approximate surface area is 135 Å². The number of rotatable bonds is 5. The van der Waals surface area contributed by atoms with Gasteiger partial charge in [0.25, 0.3) is 5.91 Å². The average molecular weight is 312 g/mol. The highest BCUT2D eigenvalue weighted by molar-refractivity contribution is 5.98. The molecule has 1 aliphatic carbocycles. The molecule has 1 saturated carbocycles. The summed E-state index contributed by atoms with van der Waals surface area (Å²) in [6.45, 7) is 0.905. The molecule has 23 heavy (non-hydrogen) atoms. The lowest BCUT2D eigenvalue weighted by Crippen LogP contribution is -2.22. The van der Waals surface area contributed by atoms with Crippen molar-refractivity contribution < 1.29 is 14.3 Å². The summed E-state index contributed by atoms with van der Waals surface area (Å²) in [5.74, 6) is 1.46. The third-order valence-corrected chi connectivity index (χ3v) is 3.92. The van der Waals surface area contributed by atoms with Gasteiger partial charge in [-0.15, -0.1) is 0 Å². The minimum atomic E-state index is -0.337. The van der Waals surface area contributed by atoms with E-state index in [1.807, 2.05) is 29.0 Å². The van der Waals surface area contributed by atoms with Gasteiger partial charge in [-0.3, -0.25) is 4.79 Å². The van der Waals surface area contributed by atoms with Gasteiger partial charge in [0.05, 0.1) is 19.8 Å². The van der Waals surface area contributed by atoms with E-state index < -0.39 is 0 Å². The van der Waals surface area contributed by atoms with E-state index in [0.717, 1.165) is 6.54 Å². The van der Waals surface area contributed by atoms with Crippen LogP contribution in [0.25, 0.3) is 0 Å². The summed E-state index contributed by atoms with van der Waals surface area (Å²) in [6, 6.07) is 10.8. The van der Waals surface area contributed by atoms with Crippen molar-refractivity contribution in [1.29, 1.82) is 0 Å². The standard InChI is InChI=1S/C18H20N2O3/c1-22-14-8-9-16(23-2)15(11-14)18(21)19-17-5-3-4-10-20(17)12-13-6-7-13/h3-5,8-11,13H,6-7,12H2,1-2H3. The van der Waals surface area contributed by atoms with Crippen LogP contribution in [-0.4, -0.2) is 24.7 Å². The van der Waals surface area contributed by atoms with E-state index in [0.29, 0.717) is 28.5 Å². The number of nitrogens with zero attached hydrogens (tertiary/aromatic N) is 2. The second-order valence-corrected chi connectivity index (χ2v) is 5.64. The Morgan fingerprint density at radius 1 is 1.22 bits per heavy atom. The first-order valence-corrected chi connectivity index (χ1v) is 7.68. The molecule has 1 amide bonds. The maximum Gasteiger partial charge on any atom is 0.282 e. The first-order valence-electron chi connectivity index (χ1n) is 7.68. The topological polar surface area (TPSA) is 52.8 Å². The number of benzene rings is 1. The summed E-state index contributed by atoms with van der Waals surface area (Å²) in [5.41, 5.74) is 1.06. The highest BCUT2D eigenvalue weighted by atomic mass is 16.5. The van der Waals surface area contributed by atoms with E-state index >= 15 is 0 Å². The van der Waals surface area contributed by atoms with E-state index in [1.54, 1.807) is 25.3 Å². The predicted molar refractivity (Wildman–Crippen MR) is 86.6 cm³/mol. The lowest BCUT2D eigenvalue weighted by molar-refractivity contribution is 0.0993. The minimum Gasteiger partial charge on any atom is -0.497 e. The molecule has 0 atom stereocenters. The van der Waals surface area contributed by atoms with Crippen LogP contribution in [0.2, 0.25) is 0 Å². The first kappa shape index (κ1) is 15.3. The van der Waals surface area contributed by atoms with E-state index in [-0.39, 0.29) is 5.91 Å². The molecule has 0 bridgehead atoms. The third-order valence-electron chi connectivity index (χ3n) is 3.92. The molecule has 0 N–H and O–H groups in total. The van der Waals surface area contributed by atoms with Crippen molar-refractivity contribution in [2.45, 2.75) is 19.4 Å². The van der Waals surface area contributed by atoms with Gasteiger partial charge in [0.15, 0.2) is 0 Å². The average Bonchev–Trinajstić information content (AvgIpc) is 3.40. The van der Waals surface area contributed by atoms with Crippen LogP contribution in [0, 0.1) is 5.92 Å².